The van der Waals surface area contributed by atoms with Gasteiger partial charge in [-0.05, 0) is 30.2 Å². The predicted molar refractivity (Wildman–Crippen MR) is 66.3 cm³/mol. The zero-order chi connectivity index (χ0) is 12.3. The lowest BCUT2D eigenvalue weighted by Gasteiger charge is -2.13. The fraction of sp³-hybridized carbons (Fsp3) is 0.154. The highest BCUT2D eigenvalue weighted by Gasteiger charge is 2.13. The van der Waals surface area contributed by atoms with Gasteiger partial charge in [0.2, 0.25) is 0 Å². The highest BCUT2D eigenvalue weighted by molar-refractivity contribution is 6.31. The van der Waals surface area contributed by atoms with Crippen molar-refractivity contribution in [3.63, 3.8) is 0 Å². The highest BCUT2D eigenvalue weighted by atomic mass is 35.5. The van der Waals surface area contributed by atoms with Gasteiger partial charge in [-0.3, -0.25) is 4.98 Å². The predicted octanol–water partition coefficient (Wildman–Crippen LogP) is 3.12. The zero-order valence-corrected chi connectivity index (χ0v) is 9.86. The van der Waals surface area contributed by atoms with E-state index in [9.17, 15) is 4.39 Å². The number of nitrogens with zero attached hydrogens (tertiary/aromatic N) is 1. The molecule has 2 N–H and O–H groups in total. The number of aromatic nitrogens is 1. The molecule has 1 aromatic heterocycles. The molecule has 0 aliphatic carbocycles. The van der Waals surface area contributed by atoms with Crippen molar-refractivity contribution < 1.29 is 4.39 Å². The van der Waals surface area contributed by atoms with Gasteiger partial charge in [-0.15, -0.1) is 0 Å². The number of benzene rings is 1. The number of hydrogen-bond donors (Lipinski definition) is 1. The average molecular weight is 251 g/mol. The maximum absolute atomic E-state index is 13.6. The number of halogens is 2. The molecule has 88 valence electrons. The van der Waals surface area contributed by atoms with Crippen molar-refractivity contribution in [3.05, 3.63) is 64.7 Å². The lowest BCUT2D eigenvalue weighted by atomic mass is 10.0. The molecule has 1 aromatic carbocycles. The van der Waals surface area contributed by atoms with Gasteiger partial charge < -0.3 is 5.73 Å². The maximum atomic E-state index is 13.6. The van der Waals surface area contributed by atoms with Gasteiger partial charge in [-0.25, -0.2) is 4.39 Å². The Kier molecular flexibility index (Phi) is 3.71. The van der Waals surface area contributed by atoms with E-state index >= 15 is 0 Å². The smallest absolute Gasteiger partial charge is 0.127 e. The molecule has 0 radical (unpaired) electrons. The molecule has 0 aliphatic heterocycles. The van der Waals surface area contributed by atoms with Crippen molar-refractivity contribution in [2.24, 2.45) is 5.73 Å². The summed E-state index contributed by atoms with van der Waals surface area (Å²) in [6.45, 7) is 0. The fourth-order valence-electron chi connectivity index (χ4n) is 1.66. The van der Waals surface area contributed by atoms with Gasteiger partial charge in [0.15, 0.2) is 0 Å². The number of rotatable bonds is 3. The molecule has 0 spiro atoms. The first-order valence-corrected chi connectivity index (χ1v) is 5.64. The molecule has 1 unspecified atom stereocenters. The minimum absolute atomic E-state index is 0.307. The molecule has 4 heteroatoms. The van der Waals surface area contributed by atoms with Crippen molar-refractivity contribution in [3.8, 4) is 0 Å². The SMILES string of the molecule is NC(Cc1c(F)cccc1Cl)c1cccnc1. The lowest BCUT2D eigenvalue weighted by molar-refractivity contribution is 0.593. The van der Waals surface area contributed by atoms with E-state index in [1.807, 2.05) is 6.07 Å². The van der Waals surface area contributed by atoms with Crippen molar-refractivity contribution >= 4 is 11.6 Å². The first-order valence-electron chi connectivity index (χ1n) is 5.27. The van der Waals surface area contributed by atoms with E-state index in [1.54, 1.807) is 30.6 Å². The van der Waals surface area contributed by atoms with E-state index < -0.39 is 0 Å². The second-order valence-electron chi connectivity index (χ2n) is 3.80. The molecule has 1 atom stereocenters. The standard InChI is InChI=1S/C13H12ClFN2/c14-11-4-1-5-12(15)10(11)7-13(16)9-3-2-6-17-8-9/h1-6,8,13H,7,16H2. The Bertz CT molecular complexity index is 482. The average Bonchev–Trinajstić information content (AvgIpc) is 2.35. The second-order valence-corrected chi connectivity index (χ2v) is 4.20. The molecule has 0 aliphatic rings. The van der Waals surface area contributed by atoms with Crippen molar-refractivity contribution in [1.29, 1.82) is 0 Å². The molecule has 2 rings (SSSR count). The fourth-order valence-corrected chi connectivity index (χ4v) is 1.90. The first kappa shape index (κ1) is 12.0. The summed E-state index contributed by atoms with van der Waals surface area (Å²) in [7, 11) is 0. The monoisotopic (exact) mass is 250 g/mol. The summed E-state index contributed by atoms with van der Waals surface area (Å²) in [6.07, 6.45) is 3.71. The molecule has 2 nitrogen and oxygen atoms in total. The number of pyridine rings is 1. The van der Waals surface area contributed by atoms with Gasteiger partial charge in [0.25, 0.3) is 0 Å². The molecule has 0 amide bonds. The lowest BCUT2D eigenvalue weighted by Crippen LogP contribution is -2.14. The number of nitrogens with two attached hydrogens (primary N) is 1. The van der Waals surface area contributed by atoms with Crippen LogP contribution in [0.25, 0.3) is 0 Å². The number of hydrogen-bond acceptors (Lipinski definition) is 2. The Morgan fingerprint density at radius 3 is 2.76 bits per heavy atom. The van der Waals surface area contributed by atoms with Gasteiger partial charge >= 0.3 is 0 Å². The third-order valence-electron chi connectivity index (χ3n) is 2.60. The van der Waals surface area contributed by atoms with Crippen LogP contribution in [0.3, 0.4) is 0 Å². The Morgan fingerprint density at radius 2 is 2.12 bits per heavy atom. The van der Waals surface area contributed by atoms with Crippen LogP contribution in [0.2, 0.25) is 5.02 Å². The summed E-state index contributed by atoms with van der Waals surface area (Å²) in [6, 6.07) is 7.99. The minimum atomic E-state index is -0.322. The largest absolute Gasteiger partial charge is 0.324 e. The van der Waals surface area contributed by atoms with Crippen LogP contribution in [0.5, 0.6) is 0 Å². The van der Waals surface area contributed by atoms with E-state index in [1.165, 1.54) is 6.07 Å². The molecular weight excluding hydrogens is 239 g/mol. The van der Waals surface area contributed by atoms with Crippen LogP contribution in [0.15, 0.2) is 42.7 Å². The van der Waals surface area contributed by atoms with Gasteiger partial charge in [-0.2, -0.15) is 0 Å². The summed E-state index contributed by atoms with van der Waals surface area (Å²) in [5.41, 5.74) is 7.32. The van der Waals surface area contributed by atoms with Gasteiger partial charge in [0.05, 0.1) is 0 Å². The van der Waals surface area contributed by atoms with Crippen LogP contribution < -0.4 is 5.73 Å². The highest BCUT2D eigenvalue weighted by Crippen LogP contribution is 2.24. The van der Waals surface area contributed by atoms with Crippen LogP contribution in [-0.4, -0.2) is 4.98 Å². The van der Waals surface area contributed by atoms with E-state index in [-0.39, 0.29) is 11.9 Å². The van der Waals surface area contributed by atoms with Crippen molar-refractivity contribution in [2.45, 2.75) is 12.5 Å². The molecule has 1 heterocycles. The Balaban J connectivity index is 2.22. The first-order chi connectivity index (χ1) is 8.18. The summed E-state index contributed by atoms with van der Waals surface area (Å²) in [5, 5.41) is 0.407. The molecule has 2 aromatic rings. The third-order valence-corrected chi connectivity index (χ3v) is 2.95. The zero-order valence-electron chi connectivity index (χ0n) is 9.11. The topological polar surface area (TPSA) is 38.9 Å². The minimum Gasteiger partial charge on any atom is -0.324 e. The molecule has 0 fully saturated rings. The molecule has 0 saturated heterocycles. The Hall–Kier alpha value is -1.45. The second kappa shape index (κ2) is 5.25. The third kappa shape index (κ3) is 2.81. The van der Waals surface area contributed by atoms with E-state index in [0.717, 1.165) is 5.56 Å². The molecule has 0 bridgehead atoms. The van der Waals surface area contributed by atoms with Crippen LogP contribution in [0.1, 0.15) is 17.2 Å². The quantitative estimate of drug-likeness (QED) is 0.909. The van der Waals surface area contributed by atoms with Gasteiger partial charge in [-0.1, -0.05) is 23.7 Å². The molecular formula is C13H12ClFN2. The normalized spacial score (nSPS) is 12.4. The summed E-state index contributed by atoms with van der Waals surface area (Å²) >= 11 is 5.95. The van der Waals surface area contributed by atoms with Crippen molar-refractivity contribution in [1.82, 2.24) is 4.98 Å². The maximum Gasteiger partial charge on any atom is 0.127 e. The Morgan fingerprint density at radius 1 is 1.29 bits per heavy atom. The van der Waals surface area contributed by atoms with Crippen LogP contribution in [0, 0.1) is 5.82 Å². The Labute approximate surface area is 104 Å². The van der Waals surface area contributed by atoms with Gasteiger partial charge in [0.1, 0.15) is 5.82 Å². The molecule has 0 saturated carbocycles. The van der Waals surface area contributed by atoms with Crippen LogP contribution in [-0.2, 0) is 6.42 Å². The van der Waals surface area contributed by atoms with E-state index in [2.05, 4.69) is 4.98 Å². The van der Waals surface area contributed by atoms with Crippen LogP contribution in [0.4, 0.5) is 4.39 Å². The van der Waals surface area contributed by atoms with E-state index in [4.69, 9.17) is 17.3 Å². The van der Waals surface area contributed by atoms with Crippen molar-refractivity contribution in [2.75, 3.05) is 0 Å². The summed E-state index contributed by atoms with van der Waals surface area (Å²) < 4.78 is 13.6. The van der Waals surface area contributed by atoms with Crippen LogP contribution >= 0.6 is 11.6 Å². The summed E-state index contributed by atoms with van der Waals surface area (Å²) in [4.78, 5) is 3.99. The summed E-state index contributed by atoms with van der Waals surface area (Å²) in [5.74, 6) is -0.322. The molecule has 17 heavy (non-hydrogen) atoms. The van der Waals surface area contributed by atoms with Gasteiger partial charge in [0, 0.05) is 29.0 Å². The van der Waals surface area contributed by atoms with E-state index in [0.29, 0.717) is 17.0 Å².